The lowest BCUT2D eigenvalue weighted by atomic mass is 9.90. The summed E-state index contributed by atoms with van der Waals surface area (Å²) in [7, 11) is 1.62. The fourth-order valence-corrected chi connectivity index (χ4v) is 4.94. The van der Waals surface area contributed by atoms with Crippen LogP contribution in [0.4, 0.5) is 11.6 Å². The second-order valence-electron chi connectivity index (χ2n) is 9.73. The number of aromatic nitrogens is 6. The number of hydrogen-bond acceptors (Lipinski definition) is 8. The standard InChI is InChI=1S/C24H32N8O2/c1-5-16-10-9-15(12-31(16)17-11-26-30(13-17)14-24(2,3)33)21-28-22-18-7-6-8-19(34-4)20(18)27-23(25)32(22)29-21/h6-8,11,13,15-16,33H,5,9-10,12,14H2,1-4H3,(H2,25,27)/t15-,16-/m1/s1. The van der Waals surface area contributed by atoms with Gasteiger partial charge in [0.2, 0.25) is 5.95 Å². The van der Waals surface area contributed by atoms with E-state index >= 15 is 0 Å². The highest BCUT2D eigenvalue weighted by Crippen LogP contribution is 2.35. The summed E-state index contributed by atoms with van der Waals surface area (Å²) < 4.78 is 8.91. The molecule has 0 radical (unpaired) electrons. The number of nitrogens with two attached hydrogens (primary N) is 1. The Labute approximate surface area is 198 Å². The van der Waals surface area contributed by atoms with Crippen LogP contribution in [0.5, 0.6) is 5.75 Å². The lowest BCUT2D eigenvalue weighted by molar-refractivity contribution is 0.0577. The zero-order chi connectivity index (χ0) is 24.0. The second kappa shape index (κ2) is 8.43. The van der Waals surface area contributed by atoms with Crippen molar-refractivity contribution in [1.29, 1.82) is 0 Å². The Morgan fingerprint density at radius 1 is 1.24 bits per heavy atom. The molecule has 0 saturated carbocycles. The van der Waals surface area contributed by atoms with Crippen molar-refractivity contribution >= 4 is 28.2 Å². The zero-order valence-electron chi connectivity index (χ0n) is 20.1. The molecule has 34 heavy (non-hydrogen) atoms. The highest BCUT2D eigenvalue weighted by Gasteiger charge is 2.32. The largest absolute Gasteiger partial charge is 0.494 e. The monoisotopic (exact) mass is 464 g/mol. The Morgan fingerprint density at radius 3 is 2.79 bits per heavy atom. The van der Waals surface area contributed by atoms with Crippen molar-refractivity contribution in [3.05, 3.63) is 36.4 Å². The maximum atomic E-state index is 10.2. The van der Waals surface area contributed by atoms with Crippen LogP contribution in [0.1, 0.15) is 51.8 Å². The van der Waals surface area contributed by atoms with E-state index in [1.165, 1.54) is 0 Å². The van der Waals surface area contributed by atoms with Gasteiger partial charge in [0.25, 0.3) is 0 Å². The maximum Gasteiger partial charge on any atom is 0.223 e. The van der Waals surface area contributed by atoms with Gasteiger partial charge in [-0.05, 0) is 45.2 Å². The van der Waals surface area contributed by atoms with Crippen LogP contribution in [-0.2, 0) is 6.54 Å². The Balaban J connectivity index is 1.49. The summed E-state index contributed by atoms with van der Waals surface area (Å²) in [6.07, 6.45) is 6.98. The second-order valence-corrected chi connectivity index (χ2v) is 9.73. The van der Waals surface area contributed by atoms with Crippen molar-refractivity contribution < 1.29 is 9.84 Å². The minimum atomic E-state index is -0.822. The Hall–Kier alpha value is -3.40. The third-order valence-corrected chi connectivity index (χ3v) is 6.57. The van der Waals surface area contributed by atoms with Crippen LogP contribution in [0.25, 0.3) is 16.6 Å². The highest BCUT2D eigenvalue weighted by molar-refractivity contribution is 5.95. The van der Waals surface area contributed by atoms with Crippen molar-refractivity contribution in [3.8, 4) is 5.75 Å². The quantitative estimate of drug-likeness (QED) is 0.447. The van der Waals surface area contributed by atoms with Gasteiger partial charge in [-0.3, -0.25) is 4.68 Å². The van der Waals surface area contributed by atoms with Gasteiger partial charge in [0.15, 0.2) is 11.5 Å². The molecular formula is C24H32N8O2. The van der Waals surface area contributed by atoms with E-state index in [-0.39, 0.29) is 11.9 Å². The van der Waals surface area contributed by atoms with Crippen molar-refractivity contribution in [3.63, 3.8) is 0 Å². The van der Waals surface area contributed by atoms with Gasteiger partial charge >= 0.3 is 0 Å². The van der Waals surface area contributed by atoms with Gasteiger partial charge in [-0.1, -0.05) is 13.0 Å². The molecule has 0 bridgehead atoms. The van der Waals surface area contributed by atoms with E-state index in [2.05, 4.69) is 21.9 Å². The zero-order valence-corrected chi connectivity index (χ0v) is 20.1. The predicted octanol–water partition coefficient (Wildman–Crippen LogP) is 3.00. The molecule has 2 atom stereocenters. The molecule has 4 heterocycles. The molecule has 0 aliphatic carbocycles. The lowest BCUT2D eigenvalue weighted by Crippen LogP contribution is -2.42. The van der Waals surface area contributed by atoms with Crippen molar-refractivity contribution in [2.24, 2.45) is 0 Å². The fraction of sp³-hybridized carbons (Fsp3) is 0.500. The topological polar surface area (TPSA) is 120 Å². The minimum absolute atomic E-state index is 0.153. The molecule has 3 N–H and O–H groups in total. The highest BCUT2D eigenvalue weighted by atomic mass is 16.5. The molecule has 1 fully saturated rings. The van der Waals surface area contributed by atoms with E-state index in [1.807, 2.05) is 30.6 Å². The number of benzene rings is 1. The van der Waals surface area contributed by atoms with Crippen LogP contribution < -0.4 is 15.4 Å². The number of hydrogen-bond donors (Lipinski definition) is 2. The van der Waals surface area contributed by atoms with Crippen LogP contribution >= 0.6 is 0 Å². The molecular weight excluding hydrogens is 432 g/mol. The first-order valence-electron chi connectivity index (χ1n) is 11.8. The smallest absolute Gasteiger partial charge is 0.223 e. The summed E-state index contributed by atoms with van der Waals surface area (Å²) in [5.41, 5.74) is 7.87. The van der Waals surface area contributed by atoms with Gasteiger partial charge in [0.05, 0.1) is 31.1 Å². The molecule has 3 aromatic heterocycles. The molecule has 1 aliphatic heterocycles. The van der Waals surface area contributed by atoms with Crippen molar-refractivity contribution in [1.82, 2.24) is 29.4 Å². The lowest BCUT2D eigenvalue weighted by Gasteiger charge is -2.39. The molecule has 5 rings (SSSR count). The Kier molecular flexibility index (Phi) is 5.55. The third kappa shape index (κ3) is 4.02. The van der Waals surface area contributed by atoms with E-state index in [0.29, 0.717) is 29.5 Å². The third-order valence-electron chi connectivity index (χ3n) is 6.57. The molecule has 4 aromatic rings. The average molecular weight is 465 g/mol. The van der Waals surface area contributed by atoms with E-state index in [1.54, 1.807) is 30.2 Å². The first-order chi connectivity index (χ1) is 16.3. The summed E-state index contributed by atoms with van der Waals surface area (Å²) in [5.74, 6) is 1.87. The molecule has 180 valence electrons. The summed E-state index contributed by atoms with van der Waals surface area (Å²) in [4.78, 5) is 11.9. The molecule has 1 aliphatic rings. The van der Waals surface area contributed by atoms with Gasteiger partial charge in [-0.2, -0.15) is 9.61 Å². The number of rotatable bonds is 6. The number of aliphatic hydroxyl groups is 1. The summed E-state index contributed by atoms with van der Waals surface area (Å²) in [5, 5.41) is 20.3. The van der Waals surface area contributed by atoms with Crippen LogP contribution in [0, 0.1) is 0 Å². The van der Waals surface area contributed by atoms with Crippen LogP contribution in [-0.4, -0.2) is 59.8 Å². The Morgan fingerprint density at radius 2 is 2.06 bits per heavy atom. The Bertz CT molecular complexity index is 1320. The van der Waals surface area contributed by atoms with Gasteiger partial charge in [0.1, 0.15) is 11.3 Å². The number of fused-ring (bicyclic) bond motifs is 3. The minimum Gasteiger partial charge on any atom is -0.494 e. The molecule has 10 heteroatoms. The maximum absolute atomic E-state index is 10.2. The van der Waals surface area contributed by atoms with Crippen LogP contribution in [0.2, 0.25) is 0 Å². The summed E-state index contributed by atoms with van der Waals surface area (Å²) >= 11 is 0. The summed E-state index contributed by atoms with van der Waals surface area (Å²) in [6, 6.07) is 6.18. The molecule has 0 amide bonds. The molecule has 1 saturated heterocycles. The van der Waals surface area contributed by atoms with Crippen LogP contribution in [0.3, 0.4) is 0 Å². The molecule has 0 spiro atoms. The van der Waals surface area contributed by atoms with E-state index in [9.17, 15) is 5.11 Å². The SMILES string of the molecule is CC[C@@H]1CC[C@@H](c2nc3c4cccc(OC)c4nc(N)n3n2)CN1c1cnn(CC(C)(C)O)c1. The van der Waals surface area contributed by atoms with Gasteiger partial charge < -0.3 is 20.5 Å². The number of anilines is 2. The number of para-hydroxylation sites is 1. The first-order valence-corrected chi connectivity index (χ1v) is 11.8. The predicted molar refractivity (Wildman–Crippen MR) is 131 cm³/mol. The number of nitrogens with zero attached hydrogens (tertiary/aromatic N) is 7. The number of ether oxygens (including phenoxy) is 1. The van der Waals surface area contributed by atoms with E-state index in [0.717, 1.165) is 42.7 Å². The van der Waals surface area contributed by atoms with Gasteiger partial charge in [-0.25, -0.2) is 9.97 Å². The van der Waals surface area contributed by atoms with Crippen molar-refractivity contribution in [2.75, 3.05) is 24.3 Å². The van der Waals surface area contributed by atoms with Crippen LogP contribution in [0.15, 0.2) is 30.6 Å². The van der Waals surface area contributed by atoms with Crippen molar-refractivity contribution in [2.45, 2.75) is 64.1 Å². The van der Waals surface area contributed by atoms with E-state index in [4.69, 9.17) is 20.6 Å². The van der Waals surface area contributed by atoms with E-state index < -0.39 is 5.60 Å². The first kappa shape index (κ1) is 22.4. The normalized spacial score (nSPS) is 19.3. The molecule has 10 nitrogen and oxygen atoms in total. The molecule has 0 unspecified atom stereocenters. The summed E-state index contributed by atoms with van der Waals surface area (Å²) in [6.45, 7) is 7.02. The van der Waals surface area contributed by atoms with Gasteiger partial charge in [0, 0.05) is 30.1 Å². The molecule has 1 aromatic carbocycles. The fourth-order valence-electron chi connectivity index (χ4n) is 4.94. The number of piperidine rings is 1. The van der Waals surface area contributed by atoms with Gasteiger partial charge in [-0.15, -0.1) is 5.10 Å². The average Bonchev–Trinajstić information content (AvgIpc) is 3.45. The number of nitrogen functional groups attached to an aromatic ring is 1. The number of methoxy groups -OCH3 is 1.